The molecule has 0 saturated heterocycles. The van der Waals surface area contributed by atoms with Gasteiger partial charge in [0, 0.05) is 24.4 Å². The molecule has 7 heteroatoms. The number of imide groups is 1. The molecule has 0 spiro atoms. The molecule has 1 aliphatic heterocycles. The zero-order chi connectivity index (χ0) is 19.6. The van der Waals surface area contributed by atoms with Crippen LogP contribution >= 0.6 is 0 Å². The van der Waals surface area contributed by atoms with Crippen molar-refractivity contribution in [3.63, 3.8) is 0 Å². The first-order chi connectivity index (χ1) is 12.0. The largest absolute Gasteiger partial charge is 0.511 e. The molecule has 2 N–H and O–H groups in total. The number of ether oxygens (including phenoxy) is 1. The number of benzene rings is 1. The van der Waals surface area contributed by atoms with E-state index in [1.165, 1.54) is 12.1 Å². The minimum atomic E-state index is -0.790. The highest BCUT2D eigenvalue weighted by atomic mass is 19.1. The molecular weight excluding hydrogens is 339 g/mol. The fourth-order valence-corrected chi connectivity index (χ4v) is 2.45. The molecule has 1 aromatic rings. The molecule has 6 nitrogen and oxygen atoms in total. The summed E-state index contributed by atoms with van der Waals surface area (Å²) in [6.07, 6.45) is -0.703. The third-order valence-electron chi connectivity index (χ3n) is 3.72. The first-order valence-electron chi connectivity index (χ1n) is 8.19. The molecule has 0 bridgehead atoms. The Balaban J connectivity index is 2.24. The van der Waals surface area contributed by atoms with Crippen LogP contribution in [0.1, 0.15) is 32.8 Å². The van der Waals surface area contributed by atoms with Crippen LogP contribution in [0, 0.1) is 12.7 Å². The molecule has 0 unspecified atom stereocenters. The van der Waals surface area contributed by atoms with Crippen LogP contribution in [0.15, 0.2) is 41.8 Å². The van der Waals surface area contributed by atoms with Crippen LogP contribution in [-0.2, 0) is 9.53 Å². The summed E-state index contributed by atoms with van der Waals surface area (Å²) in [5, 5.41) is 13.0. The molecule has 0 radical (unpaired) electrons. The highest BCUT2D eigenvalue weighted by Gasteiger charge is 2.35. The first-order valence-corrected chi connectivity index (χ1v) is 8.19. The fraction of sp³-hybridized carbons (Fsp3) is 0.368. The van der Waals surface area contributed by atoms with Crippen LogP contribution in [0.5, 0.6) is 0 Å². The van der Waals surface area contributed by atoms with Gasteiger partial charge < -0.3 is 15.2 Å². The van der Waals surface area contributed by atoms with Gasteiger partial charge in [-0.05, 0) is 45.4 Å². The summed E-state index contributed by atoms with van der Waals surface area (Å²) in [7, 11) is 0. The number of hydrogen-bond donors (Lipinski definition) is 2. The van der Waals surface area contributed by atoms with E-state index in [0.29, 0.717) is 5.69 Å². The van der Waals surface area contributed by atoms with Crippen LogP contribution in [0.25, 0.3) is 0 Å². The van der Waals surface area contributed by atoms with Crippen molar-refractivity contribution >= 4 is 17.7 Å². The fourth-order valence-electron chi connectivity index (χ4n) is 2.45. The number of halogens is 1. The van der Waals surface area contributed by atoms with E-state index in [9.17, 15) is 19.1 Å². The molecule has 1 heterocycles. The number of aliphatic hydroxyl groups is 1. The van der Waals surface area contributed by atoms with Gasteiger partial charge in [-0.1, -0.05) is 12.6 Å². The average molecular weight is 362 g/mol. The van der Waals surface area contributed by atoms with Crippen molar-refractivity contribution in [1.82, 2.24) is 4.90 Å². The van der Waals surface area contributed by atoms with E-state index in [-0.39, 0.29) is 30.0 Å². The normalized spacial score (nSPS) is 15.1. The molecule has 0 fully saturated rings. The van der Waals surface area contributed by atoms with Crippen LogP contribution < -0.4 is 5.32 Å². The lowest BCUT2D eigenvalue weighted by Gasteiger charge is -2.30. The molecule has 0 aromatic heterocycles. The maximum atomic E-state index is 13.5. The monoisotopic (exact) mass is 362 g/mol. The quantitative estimate of drug-likeness (QED) is 0.848. The number of rotatable bonds is 3. The smallest absolute Gasteiger partial charge is 0.417 e. The van der Waals surface area contributed by atoms with E-state index in [1.54, 1.807) is 33.8 Å². The number of nitrogens with zero attached hydrogens (tertiary/aromatic N) is 1. The van der Waals surface area contributed by atoms with Crippen LogP contribution in [-0.4, -0.2) is 34.2 Å². The lowest BCUT2D eigenvalue weighted by atomic mass is 10.0. The van der Waals surface area contributed by atoms with Crippen molar-refractivity contribution in [3.05, 3.63) is 53.2 Å². The zero-order valence-corrected chi connectivity index (χ0v) is 15.4. The summed E-state index contributed by atoms with van der Waals surface area (Å²) < 4.78 is 18.7. The summed E-state index contributed by atoms with van der Waals surface area (Å²) in [6.45, 7) is 10.6. The van der Waals surface area contributed by atoms with Gasteiger partial charge in [-0.3, -0.25) is 4.79 Å². The predicted octanol–water partition coefficient (Wildman–Crippen LogP) is 4.04. The number of aliphatic hydroxyl groups excluding tert-OH is 1. The first kappa shape index (κ1) is 19.5. The topological polar surface area (TPSA) is 78.9 Å². The number of carbonyl (C=O) groups is 2. The van der Waals surface area contributed by atoms with Gasteiger partial charge in [0.2, 0.25) is 0 Å². The van der Waals surface area contributed by atoms with Gasteiger partial charge in [0.15, 0.2) is 0 Å². The minimum Gasteiger partial charge on any atom is -0.511 e. The molecule has 0 aliphatic carbocycles. The van der Waals surface area contributed by atoms with Gasteiger partial charge >= 0.3 is 6.09 Å². The standard InChI is InChI=1S/C19H23FN2O4/c1-11-6-7-13(20)10-14(11)21-12(2)16-15(23)8-9-22(17(16)24)18(25)26-19(3,4)5/h6-7,10,21,23H,2,8-9H2,1,3-5H3. The Hall–Kier alpha value is -2.83. The number of carbonyl (C=O) groups excluding carboxylic acids is 2. The van der Waals surface area contributed by atoms with E-state index < -0.39 is 23.4 Å². The zero-order valence-electron chi connectivity index (χ0n) is 15.4. The minimum absolute atomic E-state index is 0.00928. The third kappa shape index (κ3) is 4.41. The van der Waals surface area contributed by atoms with Crippen LogP contribution in [0.3, 0.4) is 0 Å². The Morgan fingerprint density at radius 3 is 2.65 bits per heavy atom. The maximum Gasteiger partial charge on any atom is 0.417 e. The van der Waals surface area contributed by atoms with Gasteiger partial charge in [0.05, 0.1) is 0 Å². The van der Waals surface area contributed by atoms with E-state index in [2.05, 4.69) is 11.9 Å². The number of anilines is 1. The van der Waals surface area contributed by atoms with Gasteiger partial charge in [0.25, 0.3) is 5.91 Å². The van der Waals surface area contributed by atoms with E-state index in [0.717, 1.165) is 10.5 Å². The summed E-state index contributed by atoms with van der Waals surface area (Å²) in [6, 6.07) is 4.15. The Kier molecular flexibility index (Phi) is 5.39. The molecule has 1 aromatic carbocycles. The Labute approximate surface area is 151 Å². The lowest BCUT2D eigenvalue weighted by Crippen LogP contribution is -2.45. The SMILES string of the molecule is C=C(Nc1cc(F)ccc1C)C1=C(O)CCN(C(=O)OC(C)(C)C)C1=O. The van der Waals surface area contributed by atoms with Gasteiger partial charge in [-0.25, -0.2) is 14.1 Å². The van der Waals surface area contributed by atoms with Crippen molar-refractivity contribution in [3.8, 4) is 0 Å². The van der Waals surface area contributed by atoms with Gasteiger partial charge in [-0.2, -0.15) is 0 Å². The maximum absolute atomic E-state index is 13.5. The predicted molar refractivity (Wildman–Crippen MR) is 96.1 cm³/mol. The lowest BCUT2D eigenvalue weighted by molar-refractivity contribution is -0.127. The number of amides is 2. The van der Waals surface area contributed by atoms with Crippen molar-refractivity contribution < 1.29 is 23.8 Å². The molecular formula is C19H23FN2O4. The second-order valence-electron chi connectivity index (χ2n) is 7.07. The average Bonchev–Trinajstić information content (AvgIpc) is 2.49. The second-order valence-corrected chi connectivity index (χ2v) is 7.07. The molecule has 140 valence electrons. The third-order valence-corrected chi connectivity index (χ3v) is 3.72. The Bertz CT molecular complexity index is 793. The van der Waals surface area contributed by atoms with Gasteiger partial charge in [0.1, 0.15) is 22.8 Å². The summed E-state index contributed by atoms with van der Waals surface area (Å²) in [5.74, 6) is -1.34. The van der Waals surface area contributed by atoms with Crippen molar-refractivity contribution in [2.75, 3.05) is 11.9 Å². The summed E-state index contributed by atoms with van der Waals surface area (Å²) >= 11 is 0. The molecule has 0 saturated carbocycles. The van der Waals surface area contributed by atoms with Crippen molar-refractivity contribution in [2.45, 2.75) is 39.7 Å². The Morgan fingerprint density at radius 2 is 2.04 bits per heavy atom. The Morgan fingerprint density at radius 1 is 1.38 bits per heavy atom. The summed E-state index contributed by atoms with van der Waals surface area (Å²) in [4.78, 5) is 25.8. The van der Waals surface area contributed by atoms with Crippen LogP contribution in [0.2, 0.25) is 0 Å². The van der Waals surface area contributed by atoms with E-state index in [1.807, 2.05) is 0 Å². The molecule has 2 rings (SSSR count). The summed E-state index contributed by atoms with van der Waals surface area (Å²) in [5.41, 5.74) is 0.354. The molecule has 1 aliphatic rings. The molecule has 26 heavy (non-hydrogen) atoms. The van der Waals surface area contributed by atoms with Gasteiger partial charge in [-0.15, -0.1) is 0 Å². The number of aryl methyl sites for hydroxylation is 1. The highest BCUT2D eigenvalue weighted by molar-refractivity contribution is 6.06. The number of hydrogen-bond acceptors (Lipinski definition) is 5. The van der Waals surface area contributed by atoms with Crippen LogP contribution in [0.4, 0.5) is 14.9 Å². The van der Waals surface area contributed by atoms with Crippen molar-refractivity contribution in [1.29, 1.82) is 0 Å². The molecule has 2 amide bonds. The number of nitrogens with one attached hydrogen (secondary N) is 1. The molecule has 0 atom stereocenters. The van der Waals surface area contributed by atoms with Crippen molar-refractivity contribution in [2.24, 2.45) is 0 Å². The second kappa shape index (κ2) is 7.19. The van der Waals surface area contributed by atoms with E-state index >= 15 is 0 Å². The highest BCUT2D eigenvalue weighted by Crippen LogP contribution is 2.27. The van der Waals surface area contributed by atoms with E-state index in [4.69, 9.17) is 4.74 Å².